The fraction of sp³-hybridized carbons (Fsp3) is 0.600. The number of rotatable bonds is 5. The van der Waals surface area contributed by atoms with E-state index >= 15 is 0 Å². The largest absolute Gasteiger partial charge is 0.360 e. The molecule has 0 saturated carbocycles. The normalized spacial score (nSPS) is 10.5. The second kappa shape index (κ2) is 5.50. The van der Waals surface area contributed by atoms with Crippen molar-refractivity contribution in [2.45, 2.75) is 20.3 Å². The van der Waals surface area contributed by atoms with Crippen molar-refractivity contribution in [3.63, 3.8) is 0 Å². The number of nitrogen functional groups attached to an aromatic ring is 1. The fourth-order valence-electron chi connectivity index (χ4n) is 1.20. The third kappa shape index (κ3) is 3.71. The maximum absolute atomic E-state index is 5.25. The van der Waals surface area contributed by atoms with Crippen LogP contribution in [-0.4, -0.2) is 23.6 Å². The molecule has 0 saturated heterocycles. The summed E-state index contributed by atoms with van der Waals surface area (Å²) < 4.78 is 0. The molecule has 0 bridgehead atoms. The summed E-state index contributed by atoms with van der Waals surface area (Å²) in [6.07, 6.45) is 2.84. The first-order valence-electron chi connectivity index (χ1n) is 5.14. The van der Waals surface area contributed by atoms with Crippen LogP contribution in [0.15, 0.2) is 12.3 Å². The van der Waals surface area contributed by atoms with E-state index in [1.54, 1.807) is 6.20 Å². The molecule has 3 N–H and O–H groups in total. The van der Waals surface area contributed by atoms with Gasteiger partial charge in [-0.1, -0.05) is 13.8 Å². The van der Waals surface area contributed by atoms with Gasteiger partial charge < -0.3 is 4.90 Å². The average molecular weight is 209 g/mol. The van der Waals surface area contributed by atoms with Crippen LogP contribution >= 0.6 is 0 Å². The van der Waals surface area contributed by atoms with E-state index in [-0.39, 0.29) is 0 Å². The SMILES string of the molecule is CC(C)CCN(C)c1ccnc(NN)n1. The molecule has 1 heterocycles. The van der Waals surface area contributed by atoms with Crippen LogP contribution in [0.5, 0.6) is 0 Å². The highest BCUT2D eigenvalue weighted by molar-refractivity contribution is 5.40. The molecule has 84 valence electrons. The van der Waals surface area contributed by atoms with Gasteiger partial charge in [0.25, 0.3) is 0 Å². The molecular weight excluding hydrogens is 190 g/mol. The van der Waals surface area contributed by atoms with Crippen molar-refractivity contribution in [2.24, 2.45) is 11.8 Å². The molecule has 0 unspecified atom stereocenters. The number of nitrogens with zero attached hydrogens (tertiary/aromatic N) is 3. The van der Waals surface area contributed by atoms with Gasteiger partial charge >= 0.3 is 0 Å². The van der Waals surface area contributed by atoms with E-state index < -0.39 is 0 Å². The van der Waals surface area contributed by atoms with Gasteiger partial charge in [0.2, 0.25) is 5.95 Å². The summed E-state index contributed by atoms with van der Waals surface area (Å²) in [5.41, 5.74) is 2.44. The lowest BCUT2D eigenvalue weighted by Gasteiger charge is -2.19. The third-order valence-corrected chi connectivity index (χ3v) is 2.20. The first kappa shape index (κ1) is 11.7. The van der Waals surface area contributed by atoms with Crippen molar-refractivity contribution < 1.29 is 0 Å². The Kier molecular flexibility index (Phi) is 4.30. The number of nitrogens with one attached hydrogen (secondary N) is 1. The van der Waals surface area contributed by atoms with Gasteiger partial charge in [0, 0.05) is 19.8 Å². The predicted molar refractivity (Wildman–Crippen MR) is 62.6 cm³/mol. The molecule has 0 spiro atoms. The van der Waals surface area contributed by atoms with Crippen LogP contribution in [0, 0.1) is 5.92 Å². The van der Waals surface area contributed by atoms with Crippen molar-refractivity contribution in [2.75, 3.05) is 23.9 Å². The summed E-state index contributed by atoms with van der Waals surface area (Å²) in [5.74, 6) is 7.28. The molecule has 0 aliphatic heterocycles. The van der Waals surface area contributed by atoms with E-state index in [0.29, 0.717) is 11.9 Å². The number of hydrazine groups is 1. The third-order valence-electron chi connectivity index (χ3n) is 2.20. The van der Waals surface area contributed by atoms with Gasteiger partial charge in [-0.3, -0.25) is 5.43 Å². The zero-order chi connectivity index (χ0) is 11.3. The first-order valence-corrected chi connectivity index (χ1v) is 5.14. The standard InChI is InChI=1S/C10H19N5/c1-8(2)5-7-15(3)9-4-6-12-10(13-9)14-11/h4,6,8H,5,7,11H2,1-3H3,(H,12,13,14). The van der Waals surface area contributed by atoms with Crippen LogP contribution < -0.4 is 16.2 Å². The molecule has 1 rings (SSSR count). The van der Waals surface area contributed by atoms with E-state index in [1.165, 1.54) is 0 Å². The van der Waals surface area contributed by atoms with Gasteiger partial charge in [-0.15, -0.1) is 0 Å². The second-order valence-corrected chi connectivity index (χ2v) is 3.99. The minimum absolute atomic E-state index is 0.448. The summed E-state index contributed by atoms with van der Waals surface area (Å²) in [5, 5.41) is 0. The topological polar surface area (TPSA) is 67.1 Å². The summed E-state index contributed by atoms with van der Waals surface area (Å²) >= 11 is 0. The average Bonchev–Trinajstić information content (AvgIpc) is 2.26. The number of nitrogens with two attached hydrogens (primary N) is 1. The molecule has 0 amide bonds. The molecule has 0 aromatic carbocycles. The highest BCUT2D eigenvalue weighted by Crippen LogP contribution is 2.11. The zero-order valence-electron chi connectivity index (χ0n) is 9.57. The predicted octanol–water partition coefficient (Wildman–Crippen LogP) is 1.24. The summed E-state index contributed by atoms with van der Waals surface area (Å²) in [6, 6.07) is 1.88. The monoisotopic (exact) mass is 209 g/mol. The van der Waals surface area contributed by atoms with Gasteiger partial charge in [-0.25, -0.2) is 10.8 Å². The molecule has 1 aromatic heterocycles. The Morgan fingerprint density at radius 1 is 1.53 bits per heavy atom. The zero-order valence-corrected chi connectivity index (χ0v) is 9.57. The second-order valence-electron chi connectivity index (χ2n) is 3.99. The molecule has 0 aliphatic rings. The fourth-order valence-corrected chi connectivity index (χ4v) is 1.20. The number of anilines is 2. The van der Waals surface area contributed by atoms with Gasteiger partial charge in [0.15, 0.2) is 0 Å². The molecule has 15 heavy (non-hydrogen) atoms. The van der Waals surface area contributed by atoms with Crippen molar-refractivity contribution >= 4 is 11.8 Å². The van der Waals surface area contributed by atoms with Gasteiger partial charge in [0.05, 0.1) is 0 Å². The lowest BCUT2D eigenvalue weighted by Crippen LogP contribution is -2.22. The molecule has 0 atom stereocenters. The quantitative estimate of drug-likeness (QED) is 0.564. The van der Waals surface area contributed by atoms with Crippen LogP contribution in [-0.2, 0) is 0 Å². The molecule has 0 aliphatic carbocycles. The number of aromatic nitrogens is 2. The first-order chi connectivity index (χ1) is 7.13. The van der Waals surface area contributed by atoms with Crippen LogP contribution in [0.25, 0.3) is 0 Å². The minimum atomic E-state index is 0.448. The maximum Gasteiger partial charge on any atom is 0.239 e. The van der Waals surface area contributed by atoms with Crippen molar-refractivity contribution in [3.05, 3.63) is 12.3 Å². The van der Waals surface area contributed by atoms with Crippen LogP contribution in [0.1, 0.15) is 20.3 Å². The Balaban J connectivity index is 2.60. The Morgan fingerprint density at radius 2 is 2.27 bits per heavy atom. The highest BCUT2D eigenvalue weighted by Gasteiger charge is 2.04. The van der Waals surface area contributed by atoms with E-state index in [4.69, 9.17) is 5.84 Å². The Bertz CT molecular complexity index is 300. The van der Waals surface area contributed by atoms with Crippen LogP contribution in [0.4, 0.5) is 11.8 Å². The van der Waals surface area contributed by atoms with E-state index in [1.807, 2.05) is 13.1 Å². The van der Waals surface area contributed by atoms with E-state index in [2.05, 4.69) is 34.1 Å². The lowest BCUT2D eigenvalue weighted by molar-refractivity contribution is 0.583. The van der Waals surface area contributed by atoms with Crippen LogP contribution in [0.3, 0.4) is 0 Å². The minimum Gasteiger partial charge on any atom is -0.360 e. The molecule has 5 heteroatoms. The Labute approximate surface area is 90.7 Å². The van der Waals surface area contributed by atoms with Crippen molar-refractivity contribution in [1.29, 1.82) is 0 Å². The molecule has 5 nitrogen and oxygen atoms in total. The van der Waals surface area contributed by atoms with Gasteiger partial charge in [-0.05, 0) is 18.4 Å². The maximum atomic E-state index is 5.25. The summed E-state index contributed by atoms with van der Waals surface area (Å²) in [6.45, 7) is 5.40. The number of hydrogen-bond acceptors (Lipinski definition) is 5. The molecule has 1 aromatic rings. The lowest BCUT2D eigenvalue weighted by atomic mass is 10.1. The highest BCUT2D eigenvalue weighted by atomic mass is 15.3. The summed E-state index contributed by atoms with van der Waals surface area (Å²) in [4.78, 5) is 10.3. The summed E-state index contributed by atoms with van der Waals surface area (Å²) in [7, 11) is 2.02. The van der Waals surface area contributed by atoms with Gasteiger partial charge in [-0.2, -0.15) is 4.98 Å². The number of hydrogen-bond donors (Lipinski definition) is 2. The smallest absolute Gasteiger partial charge is 0.239 e. The Morgan fingerprint density at radius 3 is 2.87 bits per heavy atom. The Hall–Kier alpha value is -1.36. The van der Waals surface area contributed by atoms with Crippen molar-refractivity contribution in [1.82, 2.24) is 9.97 Å². The van der Waals surface area contributed by atoms with Crippen molar-refractivity contribution in [3.8, 4) is 0 Å². The molecule has 0 radical (unpaired) electrons. The molecular formula is C10H19N5. The van der Waals surface area contributed by atoms with Gasteiger partial charge in [0.1, 0.15) is 5.82 Å². The van der Waals surface area contributed by atoms with E-state index in [9.17, 15) is 0 Å². The van der Waals surface area contributed by atoms with E-state index in [0.717, 1.165) is 18.8 Å². The van der Waals surface area contributed by atoms with Crippen LogP contribution in [0.2, 0.25) is 0 Å². The molecule has 0 fully saturated rings.